The summed E-state index contributed by atoms with van der Waals surface area (Å²) in [7, 11) is -1.51. The molecule has 0 aliphatic heterocycles. The number of aryl methyl sites for hydroxylation is 1. The molecule has 0 atom stereocenters. The van der Waals surface area contributed by atoms with Crippen molar-refractivity contribution in [2.75, 3.05) is 0 Å². The Balaban J connectivity index is 1.08. The van der Waals surface area contributed by atoms with Crippen LogP contribution in [0.15, 0.2) is 133 Å². The van der Waals surface area contributed by atoms with Gasteiger partial charge in [0.2, 0.25) is 0 Å². The standard InChI is InChI=1S/C51H40Si/c1-29-22-34-12-11-31-14-18-39(43-21-17-35(23-29)47(34)50(31)43)32-15-19-40-41-20-16-33(28-46(41)51(2,3)45(40)27-32)44-26-37-25-38(52(4,5)6)24-36-13-10-30-8-7-9-42(44)49(30)48(36)37/h7-28H,1-6H3. The predicted octanol–water partition coefficient (Wildman–Crippen LogP) is 14.0. The van der Waals surface area contributed by atoms with E-state index in [4.69, 9.17) is 0 Å². The molecule has 0 amide bonds. The van der Waals surface area contributed by atoms with Crippen molar-refractivity contribution < 1.29 is 0 Å². The average Bonchev–Trinajstić information content (AvgIpc) is 3.36. The molecule has 0 aromatic heterocycles. The second-order valence-electron chi connectivity index (χ2n) is 17.1. The van der Waals surface area contributed by atoms with Crippen molar-refractivity contribution in [2.45, 2.75) is 45.8 Å². The molecule has 1 heteroatoms. The highest BCUT2D eigenvalue weighted by atomic mass is 28.3. The number of fused-ring (bicyclic) bond motifs is 3. The van der Waals surface area contributed by atoms with E-state index in [1.807, 2.05) is 0 Å². The number of hydrogen-bond donors (Lipinski definition) is 0. The van der Waals surface area contributed by atoms with Crippen LogP contribution in [0.1, 0.15) is 30.5 Å². The fourth-order valence-corrected chi connectivity index (χ4v) is 11.0. The Morgan fingerprint density at radius 2 is 0.904 bits per heavy atom. The highest BCUT2D eigenvalue weighted by Crippen LogP contribution is 2.52. The minimum Gasteiger partial charge on any atom is -0.0656 e. The molecule has 0 saturated heterocycles. The van der Waals surface area contributed by atoms with Crippen LogP contribution < -0.4 is 5.19 Å². The van der Waals surface area contributed by atoms with E-state index in [9.17, 15) is 0 Å². The zero-order chi connectivity index (χ0) is 35.3. The van der Waals surface area contributed by atoms with Gasteiger partial charge in [-0.15, -0.1) is 0 Å². The highest BCUT2D eigenvalue weighted by Gasteiger charge is 2.36. The lowest BCUT2D eigenvalue weighted by molar-refractivity contribution is 0.661. The van der Waals surface area contributed by atoms with Gasteiger partial charge >= 0.3 is 0 Å². The molecule has 0 bridgehead atoms. The quantitative estimate of drug-likeness (QED) is 0.129. The van der Waals surface area contributed by atoms with Crippen molar-refractivity contribution in [1.29, 1.82) is 0 Å². The monoisotopic (exact) mass is 680 g/mol. The van der Waals surface area contributed by atoms with Gasteiger partial charge in [-0.05, 0) is 140 Å². The minimum absolute atomic E-state index is 0.137. The summed E-state index contributed by atoms with van der Waals surface area (Å²) < 4.78 is 0. The molecular weight excluding hydrogens is 641 g/mol. The Kier molecular flexibility index (Phi) is 5.85. The second-order valence-corrected chi connectivity index (χ2v) is 22.1. The minimum atomic E-state index is -1.51. The maximum absolute atomic E-state index is 2.51. The van der Waals surface area contributed by atoms with Gasteiger partial charge in [-0.3, -0.25) is 0 Å². The summed E-state index contributed by atoms with van der Waals surface area (Å²) in [5.41, 5.74) is 11.9. The molecular formula is C51H40Si. The van der Waals surface area contributed by atoms with Crippen LogP contribution in [0.3, 0.4) is 0 Å². The molecule has 248 valence electrons. The van der Waals surface area contributed by atoms with Crippen molar-refractivity contribution in [3.8, 4) is 33.4 Å². The van der Waals surface area contributed by atoms with Gasteiger partial charge in [-0.2, -0.15) is 0 Å². The summed E-state index contributed by atoms with van der Waals surface area (Å²) in [6, 6.07) is 52.0. The van der Waals surface area contributed by atoms with Crippen LogP contribution >= 0.6 is 0 Å². The molecule has 52 heavy (non-hydrogen) atoms. The van der Waals surface area contributed by atoms with Crippen molar-refractivity contribution in [2.24, 2.45) is 0 Å². The van der Waals surface area contributed by atoms with E-state index in [0.717, 1.165) is 0 Å². The van der Waals surface area contributed by atoms with Gasteiger partial charge in [0, 0.05) is 5.41 Å². The fourth-order valence-electron chi connectivity index (χ4n) is 9.82. The van der Waals surface area contributed by atoms with Crippen molar-refractivity contribution in [3.63, 3.8) is 0 Å². The Morgan fingerprint density at radius 1 is 0.404 bits per heavy atom. The maximum atomic E-state index is 2.51. The van der Waals surface area contributed by atoms with Crippen LogP contribution in [0.5, 0.6) is 0 Å². The van der Waals surface area contributed by atoms with Crippen LogP contribution in [-0.2, 0) is 5.41 Å². The summed E-state index contributed by atoms with van der Waals surface area (Å²) in [5.74, 6) is 0. The molecule has 0 nitrogen and oxygen atoms in total. The smallest absolute Gasteiger partial charge is 0.0656 e. The van der Waals surface area contributed by atoms with E-state index in [1.165, 1.54) is 120 Å². The highest BCUT2D eigenvalue weighted by molar-refractivity contribution is 6.89. The number of rotatable bonds is 3. The lowest BCUT2D eigenvalue weighted by atomic mass is 9.80. The lowest BCUT2D eigenvalue weighted by Crippen LogP contribution is -2.37. The molecule has 10 aromatic rings. The molecule has 0 N–H and O–H groups in total. The van der Waals surface area contributed by atoms with Gasteiger partial charge in [0.15, 0.2) is 0 Å². The first kappa shape index (κ1) is 30.2. The summed E-state index contributed by atoms with van der Waals surface area (Å²) in [6.45, 7) is 14.4. The van der Waals surface area contributed by atoms with E-state index < -0.39 is 8.07 Å². The molecule has 1 aliphatic carbocycles. The first-order chi connectivity index (χ1) is 25.0. The van der Waals surface area contributed by atoms with E-state index in [2.05, 4.69) is 174 Å². The first-order valence-electron chi connectivity index (χ1n) is 18.7. The maximum Gasteiger partial charge on any atom is 0.0776 e. The van der Waals surface area contributed by atoms with Crippen LogP contribution in [0.2, 0.25) is 19.6 Å². The van der Waals surface area contributed by atoms with Gasteiger partial charge in [0.1, 0.15) is 0 Å². The Hall–Kier alpha value is -5.50. The summed E-state index contributed by atoms with van der Waals surface area (Å²) in [6.07, 6.45) is 0. The molecule has 0 spiro atoms. The zero-order valence-electron chi connectivity index (χ0n) is 30.7. The zero-order valence-corrected chi connectivity index (χ0v) is 31.7. The summed E-state index contributed by atoms with van der Waals surface area (Å²) >= 11 is 0. The number of hydrogen-bond acceptors (Lipinski definition) is 0. The molecule has 0 heterocycles. The summed E-state index contributed by atoms with van der Waals surface area (Å²) in [4.78, 5) is 0. The molecule has 11 rings (SSSR count). The largest absolute Gasteiger partial charge is 0.0776 e. The van der Waals surface area contributed by atoms with Crippen LogP contribution in [-0.4, -0.2) is 8.07 Å². The van der Waals surface area contributed by atoms with Crippen molar-refractivity contribution >= 4 is 77.9 Å². The Morgan fingerprint density at radius 3 is 1.58 bits per heavy atom. The molecule has 10 aromatic carbocycles. The SMILES string of the molecule is Cc1cc2ccc3ccc(-c4ccc5c(c4)C(C)(C)c4cc(-c6cc7cc([Si](C)(C)C)cc8ccc9cccc6c9c87)ccc4-5)c4ccc(c1)c2c34. The van der Waals surface area contributed by atoms with Gasteiger partial charge < -0.3 is 0 Å². The van der Waals surface area contributed by atoms with E-state index in [1.54, 1.807) is 0 Å². The topological polar surface area (TPSA) is 0 Å². The molecule has 0 fully saturated rings. The number of benzene rings is 10. The third-order valence-electron chi connectivity index (χ3n) is 12.5. The van der Waals surface area contributed by atoms with Gasteiger partial charge in [0.25, 0.3) is 0 Å². The van der Waals surface area contributed by atoms with Crippen LogP contribution in [0.25, 0.3) is 98.0 Å². The van der Waals surface area contributed by atoms with E-state index in [-0.39, 0.29) is 5.41 Å². The van der Waals surface area contributed by atoms with E-state index in [0.29, 0.717) is 0 Å². The van der Waals surface area contributed by atoms with Crippen molar-refractivity contribution in [1.82, 2.24) is 0 Å². The summed E-state index contributed by atoms with van der Waals surface area (Å²) in [5, 5.41) is 17.8. The lowest BCUT2D eigenvalue weighted by Gasteiger charge is -2.24. The molecule has 0 unspecified atom stereocenters. The predicted molar refractivity (Wildman–Crippen MR) is 230 cm³/mol. The van der Waals surface area contributed by atoms with Crippen LogP contribution in [0, 0.1) is 6.92 Å². The van der Waals surface area contributed by atoms with Crippen LogP contribution in [0.4, 0.5) is 0 Å². The van der Waals surface area contributed by atoms with Gasteiger partial charge in [-0.1, -0.05) is 154 Å². The van der Waals surface area contributed by atoms with E-state index >= 15 is 0 Å². The Labute approximate surface area is 306 Å². The molecule has 0 saturated carbocycles. The fraction of sp³-hybridized carbons (Fsp3) is 0.137. The van der Waals surface area contributed by atoms with Crippen molar-refractivity contribution in [3.05, 3.63) is 150 Å². The third kappa shape index (κ3) is 4.03. The second kappa shape index (κ2) is 10.1. The molecule has 0 radical (unpaired) electrons. The Bertz CT molecular complexity index is 3110. The third-order valence-corrected chi connectivity index (χ3v) is 14.5. The first-order valence-corrected chi connectivity index (χ1v) is 22.2. The van der Waals surface area contributed by atoms with Gasteiger partial charge in [0.05, 0.1) is 8.07 Å². The van der Waals surface area contributed by atoms with Gasteiger partial charge in [-0.25, -0.2) is 0 Å². The average molecular weight is 681 g/mol. The molecule has 1 aliphatic rings. The normalized spacial score (nSPS) is 14.1.